The van der Waals surface area contributed by atoms with E-state index in [1.54, 1.807) is 37.3 Å². The smallest absolute Gasteiger partial charge is 0.245 e. The largest absolute Gasteiger partial charge is 0.361 e. The van der Waals surface area contributed by atoms with Crippen molar-refractivity contribution in [1.29, 1.82) is 0 Å². The summed E-state index contributed by atoms with van der Waals surface area (Å²) in [5.74, 6) is -0.142. The molecule has 2 heterocycles. The van der Waals surface area contributed by atoms with Crippen molar-refractivity contribution >= 4 is 27.3 Å². The van der Waals surface area contributed by atoms with Gasteiger partial charge in [-0.2, -0.15) is 0 Å². The molecule has 1 aliphatic rings. The molecule has 1 aliphatic heterocycles. The van der Waals surface area contributed by atoms with E-state index in [-0.39, 0.29) is 18.2 Å². The van der Waals surface area contributed by atoms with Crippen molar-refractivity contribution in [1.82, 2.24) is 5.16 Å². The number of rotatable bonds is 3. The van der Waals surface area contributed by atoms with E-state index in [9.17, 15) is 13.2 Å². The van der Waals surface area contributed by atoms with Crippen LogP contribution >= 0.6 is 0 Å². The molecule has 1 aromatic carbocycles. The van der Waals surface area contributed by atoms with Crippen LogP contribution in [0.15, 0.2) is 34.9 Å². The van der Waals surface area contributed by atoms with Gasteiger partial charge in [-0.1, -0.05) is 17.3 Å². The molecule has 0 aliphatic carbocycles. The van der Waals surface area contributed by atoms with Crippen LogP contribution < -0.4 is 9.62 Å². The Hall–Kier alpha value is -2.35. The van der Waals surface area contributed by atoms with Gasteiger partial charge < -0.3 is 9.84 Å². The summed E-state index contributed by atoms with van der Waals surface area (Å²) in [4.78, 5) is 11.7. The van der Waals surface area contributed by atoms with E-state index in [0.29, 0.717) is 22.8 Å². The fourth-order valence-electron chi connectivity index (χ4n) is 2.20. The summed E-state index contributed by atoms with van der Waals surface area (Å²) in [7, 11) is -3.72. The predicted octanol–water partition coefficient (Wildman–Crippen LogP) is 1.27. The van der Waals surface area contributed by atoms with Crippen LogP contribution in [0.1, 0.15) is 11.5 Å². The summed E-state index contributed by atoms with van der Waals surface area (Å²) in [5, 5.41) is 6.34. The van der Waals surface area contributed by atoms with Gasteiger partial charge >= 0.3 is 0 Å². The number of carbonyl (C=O) groups is 1. The number of anilines is 2. The Labute approximate surface area is 121 Å². The molecule has 0 fully saturated rings. The van der Waals surface area contributed by atoms with Crippen molar-refractivity contribution in [3.63, 3.8) is 0 Å². The zero-order valence-corrected chi connectivity index (χ0v) is 12.1. The minimum Gasteiger partial charge on any atom is -0.361 e. The minimum atomic E-state index is -3.72. The molecule has 2 aromatic rings. The first-order valence-corrected chi connectivity index (χ1v) is 7.88. The Kier molecular flexibility index (Phi) is 3.17. The molecule has 0 saturated carbocycles. The Bertz CT molecular complexity index is 797. The Balaban J connectivity index is 1.97. The number of benzene rings is 1. The van der Waals surface area contributed by atoms with Crippen molar-refractivity contribution in [2.24, 2.45) is 0 Å². The Morgan fingerprint density at radius 1 is 1.38 bits per heavy atom. The van der Waals surface area contributed by atoms with Crippen molar-refractivity contribution in [2.75, 3.05) is 16.2 Å². The second kappa shape index (κ2) is 4.88. The van der Waals surface area contributed by atoms with Crippen LogP contribution in [0.25, 0.3) is 0 Å². The molecule has 7 nitrogen and oxygen atoms in total. The standard InChI is InChI=1S/C13H13N3O4S/c1-9-6-10(15-20-9)8-21(18,19)16-7-13(17)14-11-4-2-3-5-12(11)16/h2-6H,7-8H2,1H3,(H,14,17). The highest BCUT2D eigenvalue weighted by molar-refractivity contribution is 7.92. The molecule has 0 unspecified atom stereocenters. The van der Waals surface area contributed by atoms with Gasteiger partial charge in [0, 0.05) is 6.07 Å². The SMILES string of the molecule is Cc1cc(CS(=O)(=O)N2CC(=O)Nc3ccccc32)no1. The van der Waals surface area contributed by atoms with Gasteiger partial charge in [0.15, 0.2) is 0 Å². The molecule has 0 bridgehead atoms. The van der Waals surface area contributed by atoms with Crippen LogP contribution in [-0.4, -0.2) is 26.0 Å². The van der Waals surface area contributed by atoms with Crippen molar-refractivity contribution in [3.8, 4) is 0 Å². The molecule has 110 valence electrons. The fourth-order valence-corrected chi connectivity index (χ4v) is 3.64. The lowest BCUT2D eigenvalue weighted by atomic mass is 10.2. The number of nitrogens with zero attached hydrogens (tertiary/aromatic N) is 2. The molecule has 1 aromatic heterocycles. The molecule has 0 saturated heterocycles. The Morgan fingerprint density at radius 3 is 2.86 bits per heavy atom. The summed E-state index contributed by atoms with van der Waals surface area (Å²) in [6.07, 6.45) is 0. The molecule has 0 spiro atoms. The fraction of sp³-hybridized carbons (Fsp3) is 0.231. The average molecular weight is 307 g/mol. The van der Waals surface area contributed by atoms with E-state index in [1.165, 1.54) is 0 Å². The third-order valence-corrected chi connectivity index (χ3v) is 4.73. The summed E-state index contributed by atoms with van der Waals surface area (Å²) in [6.45, 7) is 1.45. The van der Waals surface area contributed by atoms with Crippen molar-refractivity contribution < 1.29 is 17.7 Å². The van der Waals surface area contributed by atoms with E-state index < -0.39 is 10.0 Å². The molecule has 0 atom stereocenters. The highest BCUT2D eigenvalue weighted by Crippen LogP contribution is 2.31. The van der Waals surface area contributed by atoms with E-state index >= 15 is 0 Å². The van der Waals surface area contributed by atoms with Crippen LogP contribution in [0.3, 0.4) is 0 Å². The van der Waals surface area contributed by atoms with Crippen LogP contribution in [0.5, 0.6) is 0 Å². The van der Waals surface area contributed by atoms with Gasteiger partial charge in [-0.05, 0) is 19.1 Å². The third kappa shape index (κ3) is 2.62. The number of para-hydroxylation sites is 2. The second-order valence-corrected chi connectivity index (χ2v) is 6.65. The highest BCUT2D eigenvalue weighted by Gasteiger charge is 2.31. The van der Waals surface area contributed by atoms with Gasteiger partial charge in [0.05, 0.1) is 11.4 Å². The molecule has 3 rings (SSSR count). The van der Waals surface area contributed by atoms with Crippen LogP contribution in [-0.2, 0) is 20.6 Å². The number of hydrogen-bond donors (Lipinski definition) is 1. The molecule has 1 amide bonds. The molecule has 21 heavy (non-hydrogen) atoms. The number of hydrogen-bond acceptors (Lipinski definition) is 5. The van der Waals surface area contributed by atoms with Crippen LogP contribution in [0, 0.1) is 6.92 Å². The number of amides is 1. The normalized spacial score (nSPS) is 14.7. The molecule has 8 heteroatoms. The van der Waals surface area contributed by atoms with Crippen molar-refractivity contribution in [3.05, 3.63) is 41.8 Å². The van der Waals surface area contributed by atoms with Crippen LogP contribution in [0.2, 0.25) is 0 Å². The van der Waals surface area contributed by atoms with Gasteiger partial charge in [-0.3, -0.25) is 9.10 Å². The van der Waals surface area contributed by atoms with Gasteiger partial charge in [-0.25, -0.2) is 8.42 Å². The summed E-state index contributed by atoms with van der Waals surface area (Å²) < 4.78 is 31.1. The number of carbonyl (C=O) groups excluding carboxylic acids is 1. The van der Waals surface area contributed by atoms with Crippen LogP contribution in [0.4, 0.5) is 11.4 Å². The van der Waals surface area contributed by atoms with E-state index in [4.69, 9.17) is 4.52 Å². The third-order valence-electron chi connectivity index (χ3n) is 3.08. The molecule has 0 radical (unpaired) electrons. The predicted molar refractivity (Wildman–Crippen MR) is 76.3 cm³/mol. The number of fused-ring (bicyclic) bond motifs is 1. The molecule has 1 N–H and O–H groups in total. The zero-order chi connectivity index (χ0) is 15.0. The summed E-state index contributed by atoms with van der Waals surface area (Å²) >= 11 is 0. The first kappa shape index (κ1) is 13.6. The van der Waals surface area contributed by atoms with Gasteiger partial charge in [0.1, 0.15) is 23.8 Å². The number of aromatic nitrogens is 1. The lowest BCUT2D eigenvalue weighted by Gasteiger charge is -2.29. The monoisotopic (exact) mass is 307 g/mol. The second-order valence-electron chi connectivity index (χ2n) is 4.76. The summed E-state index contributed by atoms with van der Waals surface area (Å²) in [6, 6.07) is 8.33. The maximum absolute atomic E-state index is 12.5. The number of nitrogens with one attached hydrogen (secondary N) is 1. The topological polar surface area (TPSA) is 92.5 Å². The summed E-state index contributed by atoms with van der Waals surface area (Å²) in [5.41, 5.74) is 1.25. The molecular formula is C13H13N3O4S. The minimum absolute atomic E-state index is 0.240. The Morgan fingerprint density at radius 2 is 2.14 bits per heavy atom. The molecular weight excluding hydrogens is 294 g/mol. The average Bonchev–Trinajstić information content (AvgIpc) is 2.82. The van der Waals surface area contributed by atoms with E-state index in [1.807, 2.05) is 0 Å². The zero-order valence-electron chi connectivity index (χ0n) is 11.2. The quantitative estimate of drug-likeness (QED) is 0.922. The van der Waals surface area contributed by atoms with Gasteiger partial charge in [-0.15, -0.1) is 0 Å². The van der Waals surface area contributed by atoms with E-state index in [0.717, 1.165) is 4.31 Å². The maximum Gasteiger partial charge on any atom is 0.245 e. The number of sulfonamides is 1. The first-order valence-electron chi connectivity index (χ1n) is 6.27. The van der Waals surface area contributed by atoms with Gasteiger partial charge in [0.25, 0.3) is 0 Å². The lowest BCUT2D eigenvalue weighted by Crippen LogP contribution is -2.42. The number of aryl methyl sites for hydroxylation is 1. The first-order chi connectivity index (χ1) is 9.95. The lowest BCUT2D eigenvalue weighted by molar-refractivity contribution is -0.115. The highest BCUT2D eigenvalue weighted by atomic mass is 32.2. The van der Waals surface area contributed by atoms with E-state index in [2.05, 4.69) is 10.5 Å². The van der Waals surface area contributed by atoms with Crippen molar-refractivity contribution in [2.45, 2.75) is 12.7 Å². The van der Waals surface area contributed by atoms with Gasteiger partial charge in [0.2, 0.25) is 15.9 Å². The maximum atomic E-state index is 12.5.